The Kier molecular flexibility index (Phi) is 2.68. The summed E-state index contributed by atoms with van der Waals surface area (Å²) < 4.78 is 0. The van der Waals surface area contributed by atoms with Gasteiger partial charge in [0, 0.05) is 6.54 Å². The first-order chi connectivity index (χ1) is 7.22. The van der Waals surface area contributed by atoms with E-state index in [1.807, 2.05) is 0 Å². The highest BCUT2D eigenvalue weighted by Gasteiger charge is 2.30. The van der Waals surface area contributed by atoms with Crippen LogP contribution >= 0.6 is 0 Å². The van der Waals surface area contributed by atoms with Crippen molar-refractivity contribution in [2.75, 3.05) is 13.2 Å². The van der Waals surface area contributed by atoms with Crippen LogP contribution < -0.4 is 0 Å². The lowest BCUT2D eigenvalue weighted by atomic mass is 10.2. The molecule has 2 rings (SSSR count). The highest BCUT2D eigenvalue weighted by atomic mass is 16.3. The maximum absolute atomic E-state index is 11.9. The Bertz CT molecular complexity index is 363. The van der Waals surface area contributed by atoms with Crippen LogP contribution in [0.5, 0.6) is 0 Å². The van der Waals surface area contributed by atoms with Crippen molar-refractivity contribution in [3.05, 3.63) is 11.6 Å². The monoisotopic (exact) mass is 210 g/mol. The van der Waals surface area contributed by atoms with Gasteiger partial charge < -0.3 is 10.0 Å². The summed E-state index contributed by atoms with van der Waals surface area (Å²) in [5, 5.41) is 15.5. The number of aliphatic hydroxyl groups is 1. The second kappa shape index (κ2) is 3.98. The Labute approximate surface area is 87.3 Å². The number of aliphatic hydroxyl groups excluding tert-OH is 1. The molecule has 1 unspecified atom stereocenters. The van der Waals surface area contributed by atoms with Gasteiger partial charge in [0.05, 0.1) is 12.6 Å². The fraction of sp³-hybridized carbons (Fsp3) is 0.667. The maximum atomic E-state index is 11.9. The zero-order chi connectivity index (χ0) is 10.8. The molecule has 82 valence electrons. The number of hydrogen-bond donors (Lipinski definition) is 2. The van der Waals surface area contributed by atoms with Crippen LogP contribution in [0.1, 0.15) is 29.3 Å². The highest BCUT2D eigenvalue weighted by molar-refractivity contribution is 5.90. The predicted molar refractivity (Wildman–Crippen MR) is 52.3 cm³/mol. The quantitative estimate of drug-likeness (QED) is 0.702. The van der Waals surface area contributed by atoms with E-state index in [0.717, 1.165) is 12.8 Å². The first kappa shape index (κ1) is 10.1. The second-order valence-electron chi connectivity index (χ2n) is 3.72. The van der Waals surface area contributed by atoms with Crippen molar-refractivity contribution in [1.29, 1.82) is 0 Å². The maximum Gasteiger partial charge on any atom is 0.293 e. The number of aromatic nitrogens is 3. The summed E-state index contributed by atoms with van der Waals surface area (Å²) in [6.07, 6.45) is 1.78. The fourth-order valence-corrected chi connectivity index (χ4v) is 1.86. The summed E-state index contributed by atoms with van der Waals surface area (Å²) in [7, 11) is 0. The van der Waals surface area contributed by atoms with Crippen molar-refractivity contribution < 1.29 is 9.90 Å². The minimum Gasteiger partial charge on any atom is -0.394 e. The Hall–Kier alpha value is -1.43. The number of aromatic amines is 1. The van der Waals surface area contributed by atoms with Crippen molar-refractivity contribution in [1.82, 2.24) is 20.1 Å². The van der Waals surface area contributed by atoms with Gasteiger partial charge in [-0.2, -0.15) is 0 Å². The van der Waals surface area contributed by atoms with E-state index >= 15 is 0 Å². The van der Waals surface area contributed by atoms with E-state index in [0.29, 0.717) is 12.4 Å². The molecule has 2 N–H and O–H groups in total. The molecule has 1 fully saturated rings. The Morgan fingerprint density at radius 3 is 3.13 bits per heavy atom. The van der Waals surface area contributed by atoms with Crippen molar-refractivity contribution in [3.63, 3.8) is 0 Å². The topological polar surface area (TPSA) is 82.1 Å². The second-order valence-corrected chi connectivity index (χ2v) is 3.72. The third-order valence-corrected chi connectivity index (χ3v) is 2.64. The lowest BCUT2D eigenvalue weighted by Crippen LogP contribution is -2.38. The summed E-state index contributed by atoms with van der Waals surface area (Å²) in [6.45, 7) is 2.43. The molecule has 0 spiro atoms. The van der Waals surface area contributed by atoms with Crippen LogP contribution in [0.4, 0.5) is 0 Å². The number of aryl methyl sites for hydroxylation is 1. The summed E-state index contributed by atoms with van der Waals surface area (Å²) in [5.74, 6) is 0.613. The lowest BCUT2D eigenvalue weighted by Gasteiger charge is -2.21. The zero-order valence-electron chi connectivity index (χ0n) is 8.60. The number of likely N-dealkylation sites (tertiary alicyclic amines) is 1. The molecule has 0 saturated carbocycles. The van der Waals surface area contributed by atoms with Gasteiger partial charge in [-0.05, 0) is 19.8 Å². The molecule has 1 aliphatic rings. The van der Waals surface area contributed by atoms with Gasteiger partial charge in [-0.25, -0.2) is 4.98 Å². The summed E-state index contributed by atoms with van der Waals surface area (Å²) in [6, 6.07) is -0.0729. The molecule has 6 nitrogen and oxygen atoms in total. The standard InChI is InChI=1S/C9H14N4O2/c1-6-10-8(12-11-6)9(15)13-4-2-3-7(13)5-14/h7,14H,2-5H2,1H3,(H,10,11,12). The molecule has 1 amide bonds. The van der Waals surface area contributed by atoms with Crippen LogP contribution in [0.2, 0.25) is 0 Å². The highest BCUT2D eigenvalue weighted by Crippen LogP contribution is 2.18. The van der Waals surface area contributed by atoms with Gasteiger partial charge in [-0.15, -0.1) is 5.10 Å². The number of carbonyl (C=O) groups is 1. The normalized spacial score (nSPS) is 20.9. The van der Waals surface area contributed by atoms with Crippen molar-refractivity contribution in [2.24, 2.45) is 0 Å². The number of H-pyrrole nitrogens is 1. The number of amides is 1. The first-order valence-corrected chi connectivity index (χ1v) is 5.03. The molecule has 0 aromatic carbocycles. The molecule has 1 aromatic heterocycles. The molecule has 2 heterocycles. The summed E-state index contributed by atoms with van der Waals surface area (Å²) >= 11 is 0. The van der Waals surface area contributed by atoms with Crippen LogP contribution in [0.15, 0.2) is 0 Å². The molecule has 1 aliphatic heterocycles. The average Bonchev–Trinajstić information content (AvgIpc) is 2.84. The molecular formula is C9H14N4O2. The summed E-state index contributed by atoms with van der Waals surface area (Å²) in [4.78, 5) is 17.5. The Balaban J connectivity index is 2.13. The van der Waals surface area contributed by atoms with Crippen molar-refractivity contribution in [3.8, 4) is 0 Å². The average molecular weight is 210 g/mol. The third-order valence-electron chi connectivity index (χ3n) is 2.64. The van der Waals surface area contributed by atoms with Gasteiger partial charge in [0.25, 0.3) is 5.91 Å². The smallest absolute Gasteiger partial charge is 0.293 e. The Morgan fingerprint density at radius 2 is 2.53 bits per heavy atom. The Morgan fingerprint density at radius 1 is 1.73 bits per heavy atom. The first-order valence-electron chi connectivity index (χ1n) is 5.03. The minimum atomic E-state index is -0.198. The minimum absolute atomic E-state index is 0.00907. The summed E-state index contributed by atoms with van der Waals surface area (Å²) in [5.41, 5.74) is 0. The SMILES string of the molecule is Cc1nc(C(=O)N2CCCC2CO)n[nH]1. The van der Waals surface area contributed by atoms with Gasteiger partial charge >= 0.3 is 0 Å². The van der Waals surface area contributed by atoms with Gasteiger partial charge in [0.2, 0.25) is 5.82 Å². The van der Waals surface area contributed by atoms with E-state index < -0.39 is 0 Å². The number of carbonyl (C=O) groups excluding carboxylic acids is 1. The molecule has 0 bridgehead atoms. The molecule has 0 aliphatic carbocycles. The van der Waals surface area contributed by atoms with Crippen molar-refractivity contribution >= 4 is 5.91 Å². The van der Waals surface area contributed by atoms with E-state index in [-0.39, 0.29) is 24.4 Å². The molecule has 0 radical (unpaired) electrons. The number of nitrogens with zero attached hydrogens (tertiary/aromatic N) is 3. The van der Waals surface area contributed by atoms with Gasteiger partial charge in [0.15, 0.2) is 0 Å². The van der Waals surface area contributed by atoms with E-state index in [4.69, 9.17) is 5.11 Å². The van der Waals surface area contributed by atoms with E-state index in [1.165, 1.54) is 0 Å². The van der Waals surface area contributed by atoms with Crippen LogP contribution in [-0.2, 0) is 0 Å². The third kappa shape index (κ3) is 1.85. The van der Waals surface area contributed by atoms with Crippen molar-refractivity contribution in [2.45, 2.75) is 25.8 Å². The number of hydrogen-bond acceptors (Lipinski definition) is 4. The molecule has 1 aromatic rings. The van der Waals surface area contributed by atoms with Crippen LogP contribution in [0, 0.1) is 6.92 Å². The zero-order valence-corrected chi connectivity index (χ0v) is 8.60. The van der Waals surface area contributed by atoms with E-state index in [9.17, 15) is 4.79 Å². The predicted octanol–water partition coefficient (Wildman–Crippen LogP) is -0.290. The van der Waals surface area contributed by atoms with Gasteiger partial charge in [0.1, 0.15) is 5.82 Å². The molecular weight excluding hydrogens is 196 g/mol. The fourth-order valence-electron chi connectivity index (χ4n) is 1.86. The lowest BCUT2D eigenvalue weighted by molar-refractivity contribution is 0.0666. The van der Waals surface area contributed by atoms with E-state index in [1.54, 1.807) is 11.8 Å². The van der Waals surface area contributed by atoms with Crippen LogP contribution in [0.3, 0.4) is 0 Å². The van der Waals surface area contributed by atoms with E-state index in [2.05, 4.69) is 15.2 Å². The number of rotatable bonds is 2. The van der Waals surface area contributed by atoms with Gasteiger partial charge in [-0.1, -0.05) is 0 Å². The van der Waals surface area contributed by atoms with Gasteiger partial charge in [-0.3, -0.25) is 9.89 Å². The number of nitrogens with one attached hydrogen (secondary N) is 1. The molecule has 1 atom stereocenters. The van der Waals surface area contributed by atoms with Crippen LogP contribution in [0.25, 0.3) is 0 Å². The van der Waals surface area contributed by atoms with Crippen LogP contribution in [-0.4, -0.2) is 50.3 Å². The molecule has 6 heteroatoms. The molecule has 15 heavy (non-hydrogen) atoms. The largest absolute Gasteiger partial charge is 0.394 e. The molecule has 1 saturated heterocycles.